The van der Waals surface area contributed by atoms with E-state index < -0.39 is 6.10 Å². The molecule has 0 aromatic carbocycles. The third-order valence-electron chi connectivity index (χ3n) is 13.8. The average Bonchev–Trinajstić information content (AvgIpc) is 3.42. The first-order valence-electron chi connectivity index (χ1n) is 32.2. The van der Waals surface area contributed by atoms with Crippen LogP contribution in [0.5, 0.6) is 0 Å². The van der Waals surface area contributed by atoms with Crippen molar-refractivity contribution in [2.75, 3.05) is 13.2 Å². The Labute approximate surface area is 470 Å². The highest BCUT2D eigenvalue weighted by molar-refractivity contribution is 5.71. The molecule has 0 amide bonds. The van der Waals surface area contributed by atoms with E-state index in [0.29, 0.717) is 19.3 Å². The third kappa shape index (κ3) is 61.2. The van der Waals surface area contributed by atoms with Gasteiger partial charge in [-0.05, 0) is 116 Å². The zero-order valence-electron chi connectivity index (χ0n) is 50.0. The molecule has 0 aliphatic carbocycles. The molecule has 0 N–H and O–H groups in total. The van der Waals surface area contributed by atoms with E-state index in [-0.39, 0.29) is 31.1 Å². The second-order valence-corrected chi connectivity index (χ2v) is 21.3. The zero-order valence-corrected chi connectivity index (χ0v) is 50.0. The highest BCUT2D eigenvalue weighted by atomic mass is 16.6. The summed E-state index contributed by atoms with van der Waals surface area (Å²) in [5, 5.41) is 0. The third-order valence-corrected chi connectivity index (χ3v) is 13.8. The largest absolute Gasteiger partial charge is 0.462 e. The molecule has 0 aliphatic heterocycles. The lowest BCUT2D eigenvalue weighted by Gasteiger charge is -2.18. The first-order chi connectivity index (χ1) is 37.5. The summed E-state index contributed by atoms with van der Waals surface area (Å²) in [5.74, 6) is -0.892. The van der Waals surface area contributed by atoms with Crippen molar-refractivity contribution in [3.8, 4) is 0 Å². The van der Waals surface area contributed by atoms with Crippen LogP contribution in [0, 0.1) is 0 Å². The highest BCUT2D eigenvalue weighted by Gasteiger charge is 2.19. The average molecular weight is 1060 g/mol. The molecule has 0 aromatic rings. The summed E-state index contributed by atoms with van der Waals surface area (Å²) in [6, 6.07) is 0. The van der Waals surface area contributed by atoms with E-state index in [1.54, 1.807) is 0 Å². The smallest absolute Gasteiger partial charge is 0.306 e. The Hall–Kier alpha value is -3.67. The van der Waals surface area contributed by atoms with Gasteiger partial charge in [-0.2, -0.15) is 0 Å². The fraction of sp³-hybridized carbons (Fsp3) is 0.729. The van der Waals surface area contributed by atoms with Crippen LogP contribution in [0.4, 0.5) is 0 Å². The lowest BCUT2D eigenvalue weighted by atomic mass is 10.1. The summed E-state index contributed by atoms with van der Waals surface area (Å²) < 4.78 is 16.9. The van der Waals surface area contributed by atoms with Crippen LogP contribution in [0.15, 0.2) is 97.2 Å². The minimum Gasteiger partial charge on any atom is -0.462 e. The van der Waals surface area contributed by atoms with Crippen LogP contribution < -0.4 is 0 Å². The molecule has 436 valence electrons. The van der Waals surface area contributed by atoms with Gasteiger partial charge in [-0.25, -0.2) is 0 Å². The molecular formula is C70H120O6. The molecule has 0 radical (unpaired) electrons. The first kappa shape index (κ1) is 72.3. The SMILES string of the molecule is CC/C=C\C/C=C\C/C=C\C/C=C\C/C=C\C/C=C\CCCCCCCCCCCCC(=O)OCC(COC(=O)CCCCCCC/C=C\CCCC)OC(=O)CCCCCCCCC/C=C\CCCCCCCCC. The van der Waals surface area contributed by atoms with Crippen LogP contribution in [-0.2, 0) is 28.6 Å². The molecule has 0 spiro atoms. The summed E-state index contributed by atoms with van der Waals surface area (Å²) >= 11 is 0. The second-order valence-electron chi connectivity index (χ2n) is 21.3. The van der Waals surface area contributed by atoms with Gasteiger partial charge in [-0.1, -0.05) is 272 Å². The molecule has 0 saturated heterocycles. The van der Waals surface area contributed by atoms with Crippen molar-refractivity contribution < 1.29 is 28.6 Å². The normalized spacial score (nSPS) is 12.7. The predicted octanol–water partition coefficient (Wildman–Crippen LogP) is 22.0. The maximum Gasteiger partial charge on any atom is 0.306 e. The van der Waals surface area contributed by atoms with Gasteiger partial charge < -0.3 is 14.2 Å². The van der Waals surface area contributed by atoms with E-state index in [2.05, 4.69) is 118 Å². The lowest BCUT2D eigenvalue weighted by Crippen LogP contribution is -2.30. The number of esters is 3. The number of rotatable bonds is 58. The molecule has 0 aromatic heterocycles. The number of hydrogen-bond acceptors (Lipinski definition) is 6. The van der Waals surface area contributed by atoms with E-state index in [1.807, 2.05) is 0 Å². The molecule has 0 bridgehead atoms. The Balaban J connectivity index is 4.26. The number of allylic oxidation sites excluding steroid dienone is 16. The number of carbonyl (C=O) groups is 3. The van der Waals surface area contributed by atoms with Gasteiger partial charge in [0.2, 0.25) is 0 Å². The molecule has 6 heteroatoms. The molecule has 0 aliphatic rings. The van der Waals surface area contributed by atoms with Gasteiger partial charge in [0, 0.05) is 19.3 Å². The van der Waals surface area contributed by atoms with E-state index in [0.717, 1.165) is 103 Å². The standard InChI is InChI=1S/C70H120O6/c1-4-7-10-13-16-19-22-24-26-28-30-31-32-33-34-35-36-37-38-39-40-42-43-45-48-51-54-57-60-63-69(72)75-66-67(65-74-68(71)62-59-56-53-50-47-21-18-15-12-9-6-3)76-70(73)64-61-58-55-52-49-46-44-41-29-27-25-23-20-17-14-11-8-5-2/h7,10,15-16,18-19,24,26-27,29-31,33-34,36-37,67H,4-6,8-9,11-14,17,20-23,25,28,32,35,38-66H2,1-3H3/b10-7-,18-15-,19-16-,26-24-,29-27-,31-30-,34-33-,37-36-. The monoisotopic (exact) mass is 1060 g/mol. The van der Waals surface area contributed by atoms with Crippen LogP contribution in [-0.4, -0.2) is 37.2 Å². The molecule has 0 rings (SSSR count). The van der Waals surface area contributed by atoms with Gasteiger partial charge in [0.15, 0.2) is 6.10 Å². The Morgan fingerprint density at radius 3 is 0.855 bits per heavy atom. The molecule has 1 atom stereocenters. The summed E-state index contributed by atoms with van der Waals surface area (Å²) in [6.07, 6.45) is 85.6. The van der Waals surface area contributed by atoms with Gasteiger partial charge in [0.25, 0.3) is 0 Å². The van der Waals surface area contributed by atoms with E-state index in [1.165, 1.54) is 167 Å². The molecule has 0 saturated carbocycles. The van der Waals surface area contributed by atoms with Crippen molar-refractivity contribution in [1.29, 1.82) is 0 Å². The van der Waals surface area contributed by atoms with Gasteiger partial charge in [-0.3, -0.25) is 14.4 Å². The van der Waals surface area contributed by atoms with Gasteiger partial charge in [0.05, 0.1) is 0 Å². The Bertz CT molecular complexity index is 1490. The molecule has 0 fully saturated rings. The molecule has 1 unspecified atom stereocenters. The zero-order chi connectivity index (χ0) is 55.0. The van der Waals surface area contributed by atoms with E-state index >= 15 is 0 Å². The second kappa shape index (κ2) is 63.9. The van der Waals surface area contributed by atoms with Gasteiger partial charge in [0.1, 0.15) is 13.2 Å². The van der Waals surface area contributed by atoms with Crippen LogP contribution in [0.3, 0.4) is 0 Å². The van der Waals surface area contributed by atoms with Crippen LogP contribution >= 0.6 is 0 Å². The van der Waals surface area contributed by atoms with Crippen LogP contribution in [0.1, 0.15) is 310 Å². The van der Waals surface area contributed by atoms with Crippen molar-refractivity contribution in [1.82, 2.24) is 0 Å². The fourth-order valence-corrected chi connectivity index (χ4v) is 8.95. The Morgan fingerprint density at radius 1 is 0.276 bits per heavy atom. The van der Waals surface area contributed by atoms with Gasteiger partial charge in [-0.15, -0.1) is 0 Å². The fourth-order valence-electron chi connectivity index (χ4n) is 8.95. The van der Waals surface area contributed by atoms with Crippen molar-refractivity contribution in [2.45, 2.75) is 316 Å². The minimum absolute atomic E-state index is 0.0829. The van der Waals surface area contributed by atoms with Crippen LogP contribution in [0.25, 0.3) is 0 Å². The number of carbonyl (C=O) groups excluding carboxylic acids is 3. The summed E-state index contributed by atoms with van der Waals surface area (Å²) in [6.45, 7) is 6.49. The summed E-state index contributed by atoms with van der Waals surface area (Å²) in [7, 11) is 0. The Morgan fingerprint density at radius 2 is 0.526 bits per heavy atom. The van der Waals surface area contributed by atoms with Crippen molar-refractivity contribution >= 4 is 17.9 Å². The number of hydrogen-bond donors (Lipinski definition) is 0. The van der Waals surface area contributed by atoms with E-state index in [9.17, 15) is 14.4 Å². The number of ether oxygens (including phenoxy) is 3. The molecule has 6 nitrogen and oxygen atoms in total. The van der Waals surface area contributed by atoms with Gasteiger partial charge >= 0.3 is 17.9 Å². The minimum atomic E-state index is -0.785. The van der Waals surface area contributed by atoms with Crippen LogP contribution in [0.2, 0.25) is 0 Å². The first-order valence-corrected chi connectivity index (χ1v) is 32.2. The molecule has 76 heavy (non-hydrogen) atoms. The summed E-state index contributed by atoms with van der Waals surface area (Å²) in [5.41, 5.74) is 0. The Kier molecular flexibility index (Phi) is 60.8. The molecule has 0 heterocycles. The maximum absolute atomic E-state index is 12.9. The quantitative estimate of drug-likeness (QED) is 0.0261. The van der Waals surface area contributed by atoms with E-state index in [4.69, 9.17) is 14.2 Å². The predicted molar refractivity (Wildman–Crippen MR) is 330 cm³/mol. The van der Waals surface area contributed by atoms with Crippen molar-refractivity contribution in [3.05, 3.63) is 97.2 Å². The lowest BCUT2D eigenvalue weighted by molar-refractivity contribution is -0.167. The number of unbranched alkanes of at least 4 members (excludes halogenated alkanes) is 31. The summed E-state index contributed by atoms with van der Waals surface area (Å²) in [4.78, 5) is 38.2. The van der Waals surface area contributed by atoms with Crippen molar-refractivity contribution in [2.24, 2.45) is 0 Å². The molecular weight excluding hydrogens is 937 g/mol. The highest BCUT2D eigenvalue weighted by Crippen LogP contribution is 2.16. The topological polar surface area (TPSA) is 78.9 Å². The van der Waals surface area contributed by atoms with Crippen molar-refractivity contribution in [3.63, 3.8) is 0 Å². The maximum atomic E-state index is 12.9.